The van der Waals surface area contributed by atoms with Gasteiger partial charge in [0.05, 0.1) is 35.1 Å². The van der Waals surface area contributed by atoms with Crippen molar-refractivity contribution in [3.8, 4) is 5.75 Å². The molecular formula is C44H50ClF3N8O5. The van der Waals surface area contributed by atoms with Gasteiger partial charge in [0.1, 0.15) is 17.1 Å². The second kappa shape index (κ2) is 17.3. The minimum atomic E-state index is -4.67. The number of anilines is 2. The standard InChI is InChI=1S/C44H50ClF3N8O5/c1-3-54(30-13-16-43(17-14-30)18-21-53(22-19-43)41(59)27-7-12-32(45)36(24-27)55-20-15-39(57)51-42(55)60)29-8-10-31(11-9-29)56-26-28-23-35(37(61-2)25-34(28)52-56)50-40(58)33-5-4-6-38(49-33)44(46,47)48/h4-7,12,23-26,29-31H,3,8-11,13-22H2,1-2H3,(H,50,58)(H,51,57,60). The van der Waals surface area contributed by atoms with E-state index in [9.17, 15) is 32.3 Å². The van der Waals surface area contributed by atoms with Crippen LogP contribution in [0.15, 0.2) is 54.7 Å². The number of nitrogens with zero attached hydrogens (tertiary/aromatic N) is 6. The summed E-state index contributed by atoms with van der Waals surface area (Å²) in [6, 6.07) is 12.3. The average Bonchev–Trinajstić information content (AvgIpc) is 3.68. The van der Waals surface area contributed by atoms with E-state index < -0.39 is 23.8 Å². The Hall–Kier alpha value is -5.22. The second-order valence-corrected chi connectivity index (χ2v) is 17.2. The number of fused-ring (bicyclic) bond motifs is 1. The summed E-state index contributed by atoms with van der Waals surface area (Å²) in [5.41, 5.74) is 0.644. The number of alkyl halides is 3. The molecule has 2 saturated heterocycles. The van der Waals surface area contributed by atoms with Gasteiger partial charge in [-0.15, -0.1) is 0 Å². The van der Waals surface area contributed by atoms with E-state index in [1.807, 2.05) is 15.8 Å². The van der Waals surface area contributed by atoms with Crippen molar-refractivity contribution in [1.82, 2.24) is 29.9 Å². The van der Waals surface area contributed by atoms with Crippen LogP contribution < -0.4 is 20.3 Å². The van der Waals surface area contributed by atoms with Crippen molar-refractivity contribution in [2.24, 2.45) is 5.41 Å². The second-order valence-electron chi connectivity index (χ2n) is 16.8. The Morgan fingerprint density at radius 1 is 0.967 bits per heavy atom. The molecule has 13 nitrogen and oxygen atoms in total. The molecule has 17 heteroatoms. The van der Waals surface area contributed by atoms with E-state index in [0.717, 1.165) is 88.3 Å². The monoisotopic (exact) mass is 862 g/mol. The van der Waals surface area contributed by atoms with Crippen molar-refractivity contribution >= 4 is 57.6 Å². The van der Waals surface area contributed by atoms with Crippen molar-refractivity contribution in [1.29, 1.82) is 0 Å². The summed E-state index contributed by atoms with van der Waals surface area (Å²) in [6.07, 6.45) is 7.98. The Labute approximate surface area is 356 Å². The predicted octanol–water partition coefficient (Wildman–Crippen LogP) is 8.48. The maximum atomic E-state index is 13.7. The molecule has 0 unspecified atom stereocenters. The molecule has 0 bridgehead atoms. The minimum absolute atomic E-state index is 0.0749. The summed E-state index contributed by atoms with van der Waals surface area (Å²) in [5, 5.41) is 11.0. The fourth-order valence-electron chi connectivity index (χ4n) is 9.96. The summed E-state index contributed by atoms with van der Waals surface area (Å²) < 4.78 is 47.2. The Kier molecular flexibility index (Phi) is 12.0. The van der Waals surface area contributed by atoms with E-state index in [1.54, 1.807) is 30.3 Å². The molecule has 0 radical (unpaired) electrons. The van der Waals surface area contributed by atoms with Crippen molar-refractivity contribution in [3.63, 3.8) is 0 Å². The molecule has 2 aromatic carbocycles. The number of hydrogen-bond acceptors (Lipinski definition) is 8. The smallest absolute Gasteiger partial charge is 0.433 e. The molecular weight excluding hydrogens is 813 g/mol. The molecule has 324 valence electrons. The number of urea groups is 1. The first kappa shape index (κ1) is 42.5. The number of ether oxygens (including phenoxy) is 1. The average molecular weight is 863 g/mol. The van der Waals surface area contributed by atoms with Crippen molar-refractivity contribution in [2.75, 3.05) is 43.5 Å². The molecule has 0 atom stereocenters. The Morgan fingerprint density at radius 2 is 1.69 bits per heavy atom. The molecule has 4 heterocycles. The van der Waals surface area contributed by atoms with Gasteiger partial charge in [-0.05, 0) is 113 Å². The molecule has 2 saturated carbocycles. The van der Waals surface area contributed by atoms with E-state index in [4.69, 9.17) is 21.4 Å². The zero-order chi connectivity index (χ0) is 43.1. The molecule has 2 aromatic heterocycles. The van der Waals surface area contributed by atoms with Crippen molar-refractivity contribution in [2.45, 2.75) is 102 Å². The van der Waals surface area contributed by atoms with Crippen molar-refractivity contribution < 1.29 is 37.1 Å². The number of carbonyl (C=O) groups is 4. The van der Waals surface area contributed by atoms with Gasteiger partial charge in [0.2, 0.25) is 5.91 Å². The zero-order valence-corrected chi connectivity index (χ0v) is 35.0. The summed E-state index contributed by atoms with van der Waals surface area (Å²) in [6.45, 7) is 4.82. The third kappa shape index (κ3) is 8.92. The Bertz CT molecular complexity index is 2310. The first-order valence-electron chi connectivity index (χ1n) is 21.1. The number of nitrogens with one attached hydrogen (secondary N) is 2. The van der Waals surface area contributed by atoms with E-state index in [0.29, 0.717) is 58.4 Å². The van der Waals surface area contributed by atoms with E-state index >= 15 is 0 Å². The van der Waals surface area contributed by atoms with E-state index in [1.165, 1.54) is 18.1 Å². The lowest BCUT2D eigenvalue weighted by atomic mass is 9.66. The van der Waals surface area contributed by atoms with Gasteiger partial charge in [-0.25, -0.2) is 9.78 Å². The topological polar surface area (TPSA) is 142 Å². The number of rotatable bonds is 9. The molecule has 4 aromatic rings. The van der Waals surface area contributed by atoms with Crippen LogP contribution in [0.1, 0.15) is 110 Å². The molecule has 2 aliphatic carbocycles. The Balaban J connectivity index is 0.838. The van der Waals surface area contributed by atoms with Crippen molar-refractivity contribution in [3.05, 3.63) is 76.7 Å². The molecule has 2 N–H and O–H groups in total. The van der Waals surface area contributed by atoms with Gasteiger partial charge in [-0.1, -0.05) is 24.6 Å². The van der Waals surface area contributed by atoms with Gasteiger partial charge in [0.25, 0.3) is 11.8 Å². The lowest BCUT2D eigenvalue weighted by Crippen LogP contribution is -2.50. The first-order chi connectivity index (χ1) is 29.2. The maximum Gasteiger partial charge on any atom is 0.433 e. The highest BCUT2D eigenvalue weighted by atomic mass is 35.5. The molecule has 1 spiro atoms. The third-order valence-electron chi connectivity index (χ3n) is 13.4. The van der Waals surface area contributed by atoms with Crippen LogP contribution >= 0.6 is 11.6 Å². The van der Waals surface area contributed by atoms with Gasteiger partial charge in [0.15, 0.2) is 0 Å². The SMILES string of the molecule is CCN(C1CCC(n2cc3cc(NC(=O)c4cccc(C(F)(F)F)n4)c(OC)cc3n2)CC1)C1CCC2(CC1)CCN(C(=O)c1ccc(Cl)c(N3CCC(=O)NC3=O)c1)CC2. The van der Waals surface area contributed by atoms with Crippen LogP contribution in [0.2, 0.25) is 5.02 Å². The van der Waals surface area contributed by atoms with Crippen LogP contribution in [0.5, 0.6) is 5.75 Å². The number of methoxy groups -OCH3 is 1. The number of amides is 5. The largest absolute Gasteiger partial charge is 0.494 e. The third-order valence-corrected chi connectivity index (χ3v) is 13.7. The highest BCUT2D eigenvalue weighted by Crippen LogP contribution is 2.47. The van der Waals surface area contributed by atoms with E-state index in [-0.39, 0.29) is 41.9 Å². The van der Waals surface area contributed by atoms with Crippen LogP contribution in [-0.4, -0.2) is 93.7 Å². The summed E-state index contributed by atoms with van der Waals surface area (Å²) >= 11 is 6.44. The normalized spacial score (nSPS) is 21.2. The van der Waals surface area contributed by atoms with Crippen LogP contribution in [0.4, 0.5) is 29.3 Å². The fourth-order valence-corrected chi connectivity index (χ4v) is 10.2. The lowest BCUT2D eigenvalue weighted by Gasteiger charge is -2.49. The predicted molar refractivity (Wildman–Crippen MR) is 224 cm³/mol. The maximum absolute atomic E-state index is 13.7. The van der Waals surface area contributed by atoms with Crippen LogP contribution in [-0.2, 0) is 11.0 Å². The lowest BCUT2D eigenvalue weighted by molar-refractivity contribution is -0.141. The van der Waals surface area contributed by atoms with Crippen LogP contribution in [0.25, 0.3) is 10.9 Å². The van der Waals surface area contributed by atoms with Gasteiger partial charge >= 0.3 is 12.2 Å². The van der Waals surface area contributed by atoms with Crippen LogP contribution in [0, 0.1) is 5.41 Å². The molecule has 5 amide bonds. The summed E-state index contributed by atoms with van der Waals surface area (Å²) in [7, 11) is 1.46. The molecule has 8 rings (SSSR count). The zero-order valence-electron chi connectivity index (χ0n) is 34.3. The minimum Gasteiger partial charge on any atom is -0.494 e. The van der Waals surface area contributed by atoms with Gasteiger partial charge < -0.3 is 15.0 Å². The number of aromatic nitrogens is 3. The first-order valence-corrected chi connectivity index (χ1v) is 21.5. The van der Waals surface area contributed by atoms with E-state index in [2.05, 4.69) is 27.4 Å². The highest BCUT2D eigenvalue weighted by Gasteiger charge is 2.42. The highest BCUT2D eigenvalue weighted by molar-refractivity contribution is 6.34. The van der Waals surface area contributed by atoms with Gasteiger partial charge in [-0.2, -0.15) is 18.3 Å². The molecule has 4 aliphatic rings. The number of likely N-dealkylation sites (tertiary alicyclic amines) is 1. The number of pyridine rings is 1. The summed E-state index contributed by atoms with van der Waals surface area (Å²) in [5.74, 6) is -0.845. The number of benzene rings is 2. The number of halogens is 4. The molecule has 2 aliphatic heterocycles. The number of piperidine rings is 1. The summed E-state index contributed by atoms with van der Waals surface area (Å²) in [4.78, 5) is 60.3. The number of imide groups is 1. The van der Waals surface area contributed by atoms with Gasteiger partial charge in [-0.3, -0.25) is 34.2 Å². The fraction of sp³-hybridized carbons (Fsp3) is 0.500. The van der Waals surface area contributed by atoms with Crippen LogP contribution in [0.3, 0.4) is 0 Å². The quantitative estimate of drug-likeness (QED) is 0.171. The molecule has 4 fully saturated rings. The van der Waals surface area contributed by atoms with Gasteiger partial charge in [0, 0.05) is 61.4 Å². The number of carbonyl (C=O) groups excluding carboxylic acids is 4. The Morgan fingerprint density at radius 3 is 2.36 bits per heavy atom. The number of hydrogen-bond donors (Lipinski definition) is 2. The molecule has 61 heavy (non-hydrogen) atoms.